The average molecular weight is 295 g/mol. The van der Waals surface area contributed by atoms with Crippen molar-refractivity contribution in [3.63, 3.8) is 0 Å². The molecule has 22 heavy (non-hydrogen) atoms. The van der Waals surface area contributed by atoms with Gasteiger partial charge < -0.3 is 15.5 Å². The predicted molar refractivity (Wildman–Crippen MR) is 89.7 cm³/mol. The number of nitrogen functional groups attached to an aromatic ring is 1. The van der Waals surface area contributed by atoms with Crippen LogP contribution in [0.3, 0.4) is 0 Å². The van der Waals surface area contributed by atoms with Crippen molar-refractivity contribution in [1.82, 2.24) is 9.80 Å². The molecule has 1 amide bonds. The van der Waals surface area contributed by atoms with Gasteiger partial charge >= 0.3 is 0 Å². The number of likely N-dealkylation sites (N-methyl/N-ethyl adjacent to an activating group) is 1. The molecule has 2 aromatic rings. The maximum Gasteiger partial charge on any atom is 0.253 e. The maximum atomic E-state index is 12.5. The summed E-state index contributed by atoms with van der Waals surface area (Å²) >= 11 is 0. The van der Waals surface area contributed by atoms with E-state index >= 15 is 0 Å². The summed E-state index contributed by atoms with van der Waals surface area (Å²) in [4.78, 5) is 16.7. The maximum absolute atomic E-state index is 12.5. The molecule has 1 aliphatic rings. The van der Waals surface area contributed by atoms with Crippen molar-refractivity contribution >= 4 is 11.6 Å². The van der Waals surface area contributed by atoms with Crippen molar-refractivity contribution in [2.75, 3.05) is 39.0 Å². The minimum absolute atomic E-state index is 0.122. The predicted octanol–water partition coefficient (Wildman–Crippen LogP) is 2.32. The molecule has 0 radical (unpaired) electrons. The first-order valence-electron chi connectivity index (χ1n) is 7.57. The van der Waals surface area contributed by atoms with E-state index in [1.165, 1.54) is 0 Å². The summed E-state index contributed by atoms with van der Waals surface area (Å²) in [7, 11) is 2.09. The van der Waals surface area contributed by atoms with Crippen LogP contribution in [0.1, 0.15) is 10.4 Å². The van der Waals surface area contributed by atoms with Gasteiger partial charge in [-0.1, -0.05) is 24.3 Å². The second kappa shape index (κ2) is 6.20. The van der Waals surface area contributed by atoms with E-state index in [0.717, 1.165) is 48.6 Å². The first-order valence-corrected chi connectivity index (χ1v) is 7.57. The highest BCUT2D eigenvalue weighted by Gasteiger charge is 2.20. The van der Waals surface area contributed by atoms with Gasteiger partial charge in [0.1, 0.15) is 0 Å². The fraction of sp³-hybridized carbons (Fsp3) is 0.278. The van der Waals surface area contributed by atoms with Crippen LogP contribution >= 0.6 is 0 Å². The van der Waals surface area contributed by atoms with Crippen molar-refractivity contribution < 1.29 is 4.79 Å². The summed E-state index contributed by atoms with van der Waals surface area (Å²) in [5.41, 5.74) is 9.41. The van der Waals surface area contributed by atoms with Crippen molar-refractivity contribution in [2.45, 2.75) is 0 Å². The molecule has 1 heterocycles. The third kappa shape index (κ3) is 3.12. The lowest BCUT2D eigenvalue weighted by molar-refractivity contribution is 0.0664. The first kappa shape index (κ1) is 14.6. The van der Waals surface area contributed by atoms with E-state index in [4.69, 9.17) is 5.73 Å². The number of hydrogen-bond acceptors (Lipinski definition) is 3. The number of carbonyl (C=O) groups is 1. The van der Waals surface area contributed by atoms with Crippen LogP contribution in [0, 0.1) is 0 Å². The number of anilines is 1. The quantitative estimate of drug-likeness (QED) is 0.865. The van der Waals surface area contributed by atoms with Gasteiger partial charge in [0, 0.05) is 37.4 Å². The van der Waals surface area contributed by atoms with Crippen molar-refractivity contribution in [1.29, 1.82) is 0 Å². The van der Waals surface area contributed by atoms with Crippen molar-refractivity contribution in [3.05, 3.63) is 54.1 Å². The minimum atomic E-state index is 0.122. The smallest absolute Gasteiger partial charge is 0.253 e. The highest BCUT2D eigenvalue weighted by Crippen LogP contribution is 2.21. The van der Waals surface area contributed by atoms with Gasteiger partial charge in [0.25, 0.3) is 5.91 Å². The number of carbonyl (C=O) groups excluding carboxylic acids is 1. The van der Waals surface area contributed by atoms with Crippen LogP contribution in [0.5, 0.6) is 0 Å². The van der Waals surface area contributed by atoms with Gasteiger partial charge in [0.2, 0.25) is 0 Å². The van der Waals surface area contributed by atoms with E-state index in [1.807, 2.05) is 53.4 Å². The van der Waals surface area contributed by atoms with E-state index in [2.05, 4.69) is 11.9 Å². The Hall–Kier alpha value is -2.33. The molecule has 0 spiro atoms. The second-order valence-corrected chi connectivity index (χ2v) is 5.79. The Labute approximate surface area is 131 Å². The highest BCUT2D eigenvalue weighted by molar-refractivity contribution is 5.94. The summed E-state index contributed by atoms with van der Waals surface area (Å²) in [6.07, 6.45) is 0. The number of amides is 1. The van der Waals surface area contributed by atoms with Gasteiger partial charge in [0.15, 0.2) is 0 Å². The van der Waals surface area contributed by atoms with Crippen LogP contribution in [0.2, 0.25) is 0 Å². The summed E-state index contributed by atoms with van der Waals surface area (Å²) < 4.78 is 0. The van der Waals surface area contributed by atoms with Gasteiger partial charge in [0.05, 0.1) is 0 Å². The summed E-state index contributed by atoms with van der Waals surface area (Å²) in [6.45, 7) is 3.48. The Kier molecular flexibility index (Phi) is 4.11. The summed E-state index contributed by atoms with van der Waals surface area (Å²) in [5, 5.41) is 0. The Morgan fingerprint density at radius 2 is 1.36 bits per heavy atom. The number of benzene rings is 2. The minimum Gasteiger partial charge on any atom is -0.399 e. The Bertz CT molecular complexity index is 641. The normalized spacial score (nSPS) is 15.8. The number of nitrogens with zero attached hydrogens (tertiary/aromatic N) is 2. The topological polar surface area (TPSA) is 49.6 Å². The zero-order valence-electron chi connectivity index (χ0n) is 12.8. The average Bonchev–Trinajstić information content (AvgIpc) is 2.56. The standard InChI is InChI=1S/C18H21N3O/c1-20-10-12-21(13-11-20)18(22)16-4-2-14(3-5-16)15-6-8-17(19)9-7-15/h2-9H,10-13,19H2,1H3. The Morgan fingerprint density at radius 3 is 1.91 bits per heavy atom. The number of rotatable bonds is 2. The molecule has 4 nitrogen and oxygen atoms in total. The number of piperazine rings is 1. The fourth-order valence-corrected chi connectivity index (χ4v) is 2.67. The zero-order chi connectivity index (χ0) is 15.5. The Balaban J connectivity index is 1.73. The van der Waals surface area contributed by atoms with Crippen LogP contribution < -0.4 is 5.73 Å². The summed E-state index contributed by atoms with van der Waals surface area (Å²) in [5.74, 6) is 0.122. The van der Waals surface area contributed by atoms with E-state index in [0.29, 0.717) is 0 Å². The molecule has 0 atom stereocenters. The lowest BCUT2D eigenvalue weighted by atomic mass is 10.0. The van der Waals surface area contributed by atoms with Gasteiger partial charge in [-0.3, -0.25) is 4.79 Å². The lowest BCUT2D eigenvalue weighted by Gasteiger charge is -2.32. The van der Waals surface area contributed by atoms with Crippen LogP contribution in [-0.4, -0.2) is 48.9 Å². The molecule has 114 valence electrons. The van der Waals surface area contributed by atoms with E-state index in [9.17, 15) is 4.79 Å². The van der Waals surface area contributed by atoms with Gasteiger partial charge in [-0.2, -0.15) is 0 Å². The molecule has 1 aliphatic heterocycles. The molecule has 2 aromatic carbocycles. The van der Waals surface area contributed by atoms with Crippen molar-refractivity contribution in [3.8, 4) is 11.1 Å². The molecule has 1 saturated heterocycles. The molecule has 0 unspecified atom stereocenters. The molecule has 2 N–H and O–H groups in total. The highest BCUT2D eigenvalue weighted by atomic mass is 16.2. The van der Waals surface area contributed by atoms with E-state index in [1.54, 1.807) is 0 Å². The van der Waals surface area contributed by atoms with Gasteiger partial charge in [-0.05, 0) is 42.4 Å². The molecule has 3 rings (SSSR count). The van der Waals surface area contributed by atoms with E-state index in [-0.39, 0.29) is 5.91 Å². The molecule has 0 aromatic heterocycles. The van der Waals surface area contributed by atoms with Crippen LogP contribution in [-0.2, 0) is 0 Å². The molecular weight excluding hydrogens is 274 g/mol. The SMILES string of the molecule is CN1CCN(C(=O)c2ccc(-c3ccc(N)cc3)cc2)CC1. The molecule has 0 aliphatic carbocycles. The largest absolute Gasteiger partial charge is 0.399 e. The summed E-state index contributed by atoms with van der Waals surface area (Å²) in [6, 6.07) is 15.6. The third-order valence-corrected chi connectivity index (χ3v) is 4.17. The second-order valence-electron chi connectivity index (χ2n) is 5.79. The molecular formula is C18H21N3O. The Morgan fingerprint density at radius 1 is 0.864 bits per heavy atom. The van der Waals surface area contributed by atoms with Crippen LogP contribution in [0.4, 0.5) is 5.69 Å². The molecule has 0 saturated carbocycles. The van der Waals surface area contributed by atoms with Gasteiger partial charge in [-0.25, -0.2) is 0 Å². The fourth-order valence-electron chi connectivity index (χ4n) is 2.67. The monoisotopic (exact) mass is 295 g/mol. The van der Waals surface area contributed by atoms with Crippen LogP contribution in [0.15, 0.2) is 48.5 Å². The lowest BCUT2D eigenvalue weighted by Crippen LogP contribution is -2.47. The molecule has 0 bridgehead atoms. The van der Waals surface area contributed by atoms with Crippen LogP contribution in [0.25, 0.3) is 11.1 Å². The zero-order valence-corrected chi connectivity index (χ0v) is 12.8. The van der Waals surface area contributed by atoms with Crippen molar-refractivity contribution in [2.24, 2.45) is 0 Å². The third-order valence-electron chi connectivity index (χ3n) is 4.17. The number of nitrogens with two attached hydrogens (primary N) is 1. The molecule has 4 heteroatoms. The first-order chi connectivity index (χ1) is 10.6. The van der Waals surface area contributed by atoms with E-state index < -0.39 is 0 Å². The van der Waals surface area contributed by atoms with Gasteiger partial charge in [-0.15, -0.1) is 0 Å². The number of hydrogen-bond donors (Lipinski definition) is 1. The molecule has 1 fully saturated rings.